The minimum atomic E-state index is -0.497. The molecule has 0 spiro atoms. The van der Waals surface area contributed by atoms with Crippen molar-refractivity contribution in [3.05, 3.63) is 52.9 Å². The summed E-state index contributed by atoms with van der Waals surface area (Å²) in [7, 11) is 0. The topological polar surface area (TPSA) is 77.8 Å². The molecule has 1 aromatic carbocycles. The smallest absolute Gasteiger partial charge is 0.276 e. The fourth-order valence-electron chi connectivity index (χ4n) is 1.75. The van der Waals surface area contributed by atoms with Gasteiger partial charge in [-0.3, -0.25) is 4.98 Å². The van der Waals surface area contributed by atoms with Crippen molar-refractivity contribution in [2.24, 2.45) is 5.73 Å². The SMILES string of the molecule is NCc1ccc(-c2nc(-c3ccc(F)c(Cl)c3)no2)nc1. The maximum atomic E-state index is 13.1. The number of hydrogen-bond acceptors (Lipinski definition) is 5. The fraction of sp³-hybridized carbons (Fsp3) is 0.0714. The highest BCUT2D eigenvalue weighted by Gasteiger charge is 2.13. The van der Waals surface area contributed by atoms with Crippen LogP contribution >= 0.6 is 11.6 Å². The predicted octanol–water partition coefficient (Wildman–Crippen LogP) is 3.05. The maximum Gasteiger partial charge on any atom is 0.276 e. The van der Waals surface area contributed by atoms with E-state index in [1.165, 1.54) is 18.2 Å². The second-order valence-corrected chi connectivity index (χ2v) is 4.72. The van der Waals surface area contributed by atoms with Crippen LogP contribution in [0.1, 0.15) is 5.56 Å². The van der Waals surface area contributed by atoms with Crippen LogP contribution in [0.2, 0.25) is 5.02 Å². The number of aromatic nitrogens is 3. The van der Waals surface area contributed by atoms with Crippen molar-refractivity contribution < 1.29 is 8.91 Å². The third kappa shape index (κ3) is 2.76. The van der Waals surface area contributed by atoms with Gasteiger partial charge >= 0.3 is 0 Å². The first-order valence-corrected chi connectivity index (χ1v) is 6.49. The molecule has 106 valence electrons. The number of nitrogens with zero attached hydrogens (tertiary/aromatic N) is 3. The van der Waals surface area contributed by atoms with E-state index in [2.05, 4.69) is 15.1 Å². The van der Waals surface area contributed by atoms with Crippen LogP contribution < -0.4 is 5.73 Å². The third-order valence-electron chi connectivity index (χ3n) is 2.88. The van der Waals surface area contributed by atoms with Crippen LogP contribution in [-0.4, -0.2) is 15.1 Å². The number of benzene rings is 1. The van der Waals surface area contributed by atoms with Crippen LogP contribution in [0.3, 0.4) is 0 Å². The van der Waals surface area contributed by atoms with E-state index in [0.29, 0.717) is 23.6 Å². The largest absolute Gasteiger partial charge is 0.332 e. The Labute approximate surface area is 124 Å². The molecule has 2 heterocycles. The lowest BCUT2D eigenvalue weighted by molar-refractivity contribution is 0.431. The zero-order chi connectivity index (χ0) is 14.8. The fourth-order valence-corrected chi connectivity index (χ4v) is 1.93. The molecule has 0 unspecified atom stereocenters. The van der Waals surface area contributed by atoms with Gasteiger partial charge in [-0.1, -0.05) is 22.8 Å². The van der Waals surface area contributed by atoms with E-state index in [1.807, 2.05) is 6.07 Å². The molecule has 0 aliphatic carbocycles. The van der Waals surface area contributed by atoms with Crippen molar-refractivity contribution in [2.75, 3.05) is 0 Å². The highest BCUT2D eigenvalue weighted by molar-refractivity contribution is 6.31. The summed E-state index contributed by atoms with van der Waals surface area (Å²) in [5, 5.41) is 3.85. The van der Waals surface area contributed by atoms with Gasteiger partial charge in [-0.2, -0.15) is 4.98 Å². The Morgan fingerprint density at radius 3 is 2.76 bits per heavy atom. The summed E-state index contributed by atoms with van der Waals surface area (Å²) in [6.45, 7) is 0.413. The molecular weight excluding hydrogens is 295 g/mol. The number of pyridine rings is 1. The molecule has 3 rings (SSSR count). The molecule has 0 saturated heterocycles. The molecule has 0 aliphatic heterocycles. The number of rotatable bonds is 3. The van der Waals surface area contributed by atoms with Gasteiger partial charge in [0.1, 0.15) is 11.5 Å². The molecular formula is C14H10ClFN4O. The van der Waals surface area contributed by atoms with E-state index in [1.54, 1.807) is 12.3 Å². The lowest BCUT2D eigenvalue weighted by Crippen LogP contribution is -1.96. The molecule has 2 N–H and O–H groups in total. The van der Waals surface area contributed by atoms with Crippen molar-refractivity contribution in [1.29, 1.82) is 0 Å². The Morgan fingerprint density at radius 2 is 2.10 bits per heavy atom. The monoisotopic (exact) mass is 304 g/mol. The summed E-state index contributed by atoms with van der Waals surface area (Å²) in [4.78, 5) is 8.42. The van der Waals surface area contributed by atoms with E-state index < -0.39 is 5.82 Å². The van der Waals surface area contributed by atoms with E-state index in [9.17, 15) is 4.39 Å². The lowest BCUT2D eigenvalue weighted by atomic mass is 10.2. The lowest BCUT2D eigenvalue weighted by Gasteiger charge is -1.97. The Bertz CT molecular complexity index is 773. The van der Waals surface area contributed by atoms with Crippen LogP contribution in [-0.2, 0) is 6.54 Å². The molecule has 0 bridgehead atoms. The Hall–Kier alpha value is -2.31. The van der Waals surface area contributed by atoms with Gasteiger partial charge in [0.15, 0.2) is 0 Å². The molecule has 0 radical (unpaired) electrons. The molecule has 0 saturated carbocycles. The van der Waals surface area contributed by atoms with E-state index >= 15 is 0 Å². The van der Waals surface area contributed by atoms with Crippen LogP contribution in [0.15, 0.2) is 41.1 Å². The van der Waals surface area contributed by atoms with Gasteiger partial charge in [0.2, 0.25) is 5.82 Å². The van der Waals surface area contributed by atoms with Crippen LogP contribution in [0.4, 0.5) is 4.39 Å². The zero-order valence-electron chi connectivity index (χ0n) is 10.8. The van der Waals surface area contributed by atoms with Crippen LogP contribution in [0.5, 0.6) is 0 Å². The maximum absolute atomic E-state index is 13.1. The standard InChI is InChI=1S/C14H10ClFN4O/c15-10-5-9(2-3-11(10)16)13-19-14(21-20-13)12-4-1-8(6-17)7-18-12/h1-5,7H,6,17H2. The molecule has 7 heteroatoms. The molecule has 0 fully saturated rings. The number of hydrogen-bond donors (Lipinski definition) is 1. The average Bonchev–Trinajstić information content (AvgIpc) is 3.00. The van der Waals surface area contributed by atoms with Gasteiger partial charge in [0.25, 0.3) is 5.89 Å². The summed E-state index contributed by atoms with van der Waals surface area (Å²) in [5.41, 5.74) is 7.52. The number of halogens is 2. The quantitative estimate of drug-likeness (QED) is 0.804. The molecule has 2 aromatic heterocycles. The van der Waals surface area contributed by atoms with E-state index in [0.717, 1.165) is 5.56 Å². The number of nitrogens with two attached hydrogens (primary N) is 1. The van der Waals surface area contributed by atoms with Gasteiger partial charge in [0, 0.05) is 18.3 Å². The summed E-state index contributed by atoms with van der Waals surface area (Å²) in [6, 6.07) is 7.80. The van der Waals surface area contributed by atoms with Crippen LogP contribution in [0.25, 0.3) is 23.0 Å². The highest BCUT2D eigenvalue weighted by Crippen LogP contribution is 2.24. The van der Waals surface area contributed by atoms with E-state index in [4.69, 9.17) is 21.9 Å². The third-order valence-corrected chi connectivity index (χ3v) is 3.17. The highest BCUT2D eigenvalue weighted by atomic mass is 35.5. The molecule has 21 heavy (non-hydrogen) atoms. The molecule has 0 amide bonds. The first-order chi connectivity index (χ1) is 10.2. The minimum Gasteiger partial charge on any atom is -0.332 e. The molecule has 3 aromatic rings. The minimum absolute atomic E-state index is 0.00396. The zero-order valence-corrected chi connectivity index (χ0v) is 11.5. The van der Waals surface area contributed by atoms with Crippen molar-refractivity contribution in [3.63, 3.8) is 0 Å². The Balaban J connectivity index is 1.93. The van der Waals surface area contributed by atoms with Crippen molar-refractivity contribution in [2.45, 2.75) is 6.54 Å². The van der Waals surface area contributed by atoms with Gasteiger partial charge in [-0.25, -0.2) is 4.39 Å². The Kier molecular flexibility index (Phi) is 3.64. The van der Waals surface area contributed by atoms with Gasteiger partial charge in [0.05, 0.1) is 5.02 Å². The molecule has 0 aliphatic rings. The summed E-state index contributed by atoms with van der Waals surface area (Å²) >= 11 is 5.74. The van der Waals surface area contributed by atoms with Gasteiger partial charge in [-0.15, -0.1) is 0 Å². The van der Waals surface area contributed by atoms with Crippen molar-refractivity contribution in [1.82, 2.24) is 15.1 Å². The van der Waals surface area contributed by atoms with Gasteiger partial charge in [-0.05, 0) is 29.8 Å². The molecule has 0 atom stereocenters. The van der Waals surface area contributed by atoms with Crippen molar-refractivity contribution in [3.8, 4) is 23.0 Å². The van der Waals surface area contributed by atoms with E-state index in [-0.39, 0.29) is 10.9 Å². The first kappa shape index (κ1) is 13.7. The summed E-state index contributed by atoms with van der Waals surface area (Å²) in [5.74, 6) is 0.0915. The normalized spacial score (nSPS) is 10.8. The Morgan fingerprint density at radius 1 is 1.24 bits per heavy atom. The average molecular weight is 305 g/mol. The first-order valence-electron chi connectivity index (χ1n) is 6.12. The summed E-state index contributed by atoms with van der Waals surface area (Å²) in [6.07, 6.45) is 1.65. The predicted molar refractivity (Wildman–Crippen MR) is 75.8 cm³/mol. The second kappa shape index (κ2) is 5.59. The van der Waals surface area contributed by atoms with Crippen LogP contribution in [0, 0.1) is 5.82 Å². The second-order valence-electron chi connectivity index (χ2n) is 4.31. The summed E-state index contributed by atoms with van der Waals surface area (Å²) < 4.78 is 18.3. The molecule has 5 nitrogen and oxygen atoms in total. The van der Waals surface area contributed by atoms with Crippen molar-refractivity contribution >= 4 is 11.6 Å². The van der Waals surface area contributed by atoms with Gasteiger partial charge < -0.3 is 10.3 Å².